The molecule has 0 aromatic heterocycles. The van der Waals surface area contributed by atoms with Crippen molar-refractivity contribution in [3.63, 3.8) is 0 Å². The first-order chi connectivity index (χ1) is 9.19. The molecule has 106 valence electrons. The minimum atomic E-state index is 0.137. The zero-order valence-corrected chi connectivity index (χ0v) is 12.3. The molecule has 1 aliphatic carbocycles. The molecule has 2 rings (SSSR count). The van der Waals surface area contributed by atoms with E-state index in [2.05, 4.69) is 43.4 Å². The molecule has 2 nitrogen and oxygen atoms in total. The maximum absolute atomic E-state index is 9.67. The second kappa shape index (κ2) is 6.53. The molecular formula is C17H27NO. The Labute approximate surface area is 117 Å². The zero-order chi connectivity index (χ0) is 13.7. The molecule has 0 aliphatic heterocycles. The summed E-state index contributed by atoms with van der Waals surface area (Å²) in [7, 11) is 0. The van der Waals surface area contributed by atoms with E-state index in [1.165, 1.54) is 36.8 Å². The van der Waals surface area contributed by atoms with Crippen molar-refractivity contribution in [1.82, 2.24) is 5.32 Å². The van der Waals surface area contributed by atoms with Gasteiger partial charge in [0.05, 0.1) is 0 Å². The largest absolute Gasteiger partial charge is 0.396 e. The summed E-state index contributed by atoms with van der Waals surface area (Å²) in [6.07, 6.45) is 5.96. The lowest BCUT2D eigenvalue weighted by atomic mass is 9.86. The number of aryl methyl sites for hydroxylation is 1. The van der Waals surface area contributed by atoms with Crippen molar-refractivity contribution < 1.29 is 5.11 Å². The van der Waals surface area contributed by atoms with Crippen molar-refractivity contribution in [3.05, 3.63) is 35.4 Å². The van der Waals surface area contributed by atoms with Gasteiger partial charge in [0.2, 0.25) is 0 Å². The third kappa shape index (κ3) is 3.58. The number of benzene rings is 1. The van der Waals surface area contributed by atoms with Gasteiger partial charge in [-0.3, -0.25) is 0 Å². The Kier molecular flexibility index (Phi) is 5.00. The van der Waals surface area contributed by atoms with Gasteiger partial charge in [0, 0.05) is 24.6 Å². The molecular weight excluding hydrogens is 234 g/mol. The van der Waals surface area contributed by atoms with Crippen LogP contribution in [0.3, 0.4) is 0 Å². The Hall–Kier alpha value is -0.860. The highest BCUT2D eigenvalue weighted by atomic mass is 16.3. The monoisotopic (exact) mass is 261 g/mol. The molecule has 2 N–H and O–H groups in total. The zero-order valence-electron chi connectivity index (χ0n) is 12.3. The number of rotatable bonds is 6. The summed E-state index contributed by atoms with van der Waals surface area (Å²) in [6, 6.07) is 9.20. The highest BCUT2D eigenvalue weighted by Crippen LogP contribution is 2.37. The van der Waals surface area contributed by atoms with Crippen molar-refractivity contribution in [2.45, 2.75) is 52.0 Å². The van der Waals surface area contributed by atoms with Crippen molar-refractivity contribution >= 4 is 0 Å². The fourth-order valence-electron chi connectivity index (χ4n) is 3.15. The van der Waals surface area contributed by atoms with Crippen LogP contribution in [0.4, 0.5) is 0 Å². The summed E-state index contributed by atoms with van der Waals surface area (Å²) in [5.41, 5.74) is 2.80. The van der Waals surface area contributed by atoms with E-state index in [0.29, 0.717) is 12.6 Å². The first-order valence-corrected chi connectivity index (χ1v) is 7.60. The van der Waals surface area contributed by atoms with Crippen LogP contribution < -0.4 is 5.32 Å². The maximum atomic E-state index is 9.67. The van der Waals surface area contributed by atoms with Crippen LogP contribution in [0.5, 0.6) is 0 Å². The molecule has 19 heavy (non-hydrogen) atoms. The number of aliphatic hydroxyl groups is 1. The number of hydrogen-bond donors (Lipinski definition) is 2. The van der Waals surface area contributed by atoms with E-state index < -0.39 is 0 Å². The second-order valence-corrected chi connectivity index (χ2v) is 6.12. The van der Waals surface area contributed by atoms with Crippen molar-refractivity contribution in [2.75, 3.05) is 13.2 Å². The lowest BCUT2D eigenvalue weighted by molar-refractivity contribution is 0.124. The van der Waals surface area contributed by atoms with Gasteiger partial charge in [0.1, 0.15) is 0 Å². The van der Waals surface area contributed by atoms with Gasteiger partial charge in [-0.15, -0.1) is 0 Å². The minimum Gasteiger partial charge on any atom is -0.396 e. The van der Waals surface area contributed by atoms with Crippen LogP contribution in [0.25, 0.3) is 0 Å². The predicted molar refractivity (Wildman–Crippen MR) is 80.2 cm³/mol. The molecule has 1 aliphatic rings. The highest BCUT2D eigenvalue weighted by Gasteiger charge is 2.33. The van der Waals surface area contributed by atoms with Crippen LogP contribution in [0.15, 0.2) is 24.3 Å². The third-order valence-corrected chi connectivity index (χ3v) is 4.61. The van der Waals surface area contributed by atoms with Crippen LogP contribution >= 0.6 is 0 Å². The summed E-state index contributed by atoms with van der Waals surface area (Å²) in [5, 5.41) is 13.3. The molecule has 2 heteroatoms. The number of nitrogens with one attached hydrogen (secondary N) is 1. The van der Waals surface area contributed by atoms with E-state index in [9.17, 15) is 5.11 Å². The molecule has 0 amide bonds. The smallest absolute Gasteiger partial charge is 0.0499 e. The molecule has 1 aromatic carbocycles. The Bertz CT molecular complexity index is 379. The average molecular weight is 261 g/mol. The van der Waals surface area contributed by atoms with Crippen LogP contribution in [-0.4, -0.2) is 18.3 Å². The third-order valence-electron chi connectivity index (χ3n) is 4.61. The second-order valence-electron chi connectivity index (χ2n) is 6.12. The van der Waals surface area contributed by atoms with E-state index in [4.69, 9.17) is 0 Å². The van der Waals surface area contributed by atoms with E-state index in [-0.39, 0.29) is 5.41 Å². The van der Waals surface area contributed by atoms with Crippen molar-refractivity contribution in [3.8, 4) is 0 Å². The molecule has 0 bridgehead atoms. The summed E-state index contributed by atoms with van der Waals surface area (Å²) in [5.74, 6) is 0. The minimum absolute atomic E-state index is 0.137. The topological polar surface area (TPSA) is 32.3 Å². The van der Waals surface area contributed by atoms with Crippen LogP contribution in [0.1, 0.15) is 56.2 Å². The van der Waals surface area contributed by atoms with Gasteiger partial charge in [-0.1, -0.05) is 49.6 Å². The predicted octanol–water partition coefficient (Wildman–Crippen LogP) is 3.59. The van der Waals surface area contributed by atoms with Crippen LogP contribution in [0.2, 0.25) is 0 Å². The van der Waals surface area contributed by atoms with Gasteiger partial charge in [0.15, 0.2) is 0 Å². The molecule has 0 spiro atoms. The fourth-order valence-corrected chi connectivity index (χ4v) is 3.15. The fraction of sp³-hybridized carbons (Fsp3) is 0.647. The SMILES string of the molecule is CCC(NCC1(CO)CCCC1)c1ccc(C)cc1. The van der Waals surface area contributed by atoms with E-state index in [1.54, 1.807) is 0 Å². The summed E-state index contributed by atoms with van der Waals surface area (Å²) in [6.45, 7) is 5.61. The molecule has 0 heterocycles. The first-order valence-electron chi connectivity index (χ1n) is 7.60. The Morgan fingerprint density at radius 3 is 2.37 bits per heavy atom. The van der Waals surface area contributed by atoms with Gasteiger partial charge in [-0.05, 0) is 31.7 Å². The van der Waals surface area contributed by atoms with Gasteiger partial charge >= 0.3 is 0 Å². The summed E-state index contributed by atoms with van der Waals surface area (Å²) in [4.78, 5) is 0. The molecule has 1 aromatic rings. The Morgan fingerprint density at radius 1 is 1.21 bits per heavy atom. The number of aliphatic hydroxyl groups excluding tert-OH is 1. The number of hydrogen-bond acceptors (Lipinski definition) is 2. The summed E-state index contributed by atoms with van der Waals surface area (Å²) < 4.78 is 0. The van der Waals surface area contributed by atoms with E-state index in [0.717, 1.165) is 13.0 Å². The van der Waals surface area contributed by atoms with Gasteiger partial charge in [-0.25, -0.2) is 0 Å². The normalized spacial score (nSPS) is 19.5. The molecule has 1 unspecified atom stereocenters. The first kappa shape index (κ1) is 14.5. The quantitative estimate of drug-likeness (QED) is 0.820. The van der Waals surface area contributed by atoms with Gasteiger partial charge in [0.25, 0.3) is 0 Å². The van der Waals surface area contributed by atoms with Crippen LogP contribution in [-0.2, 0) is 0 Å². The van der Waals surface area contributed by atoms with Crippen molar-refractivity contribution in [1.29, 1.82) is 0 Å². The van der Waals surface area contributed by atoms with E-state index >= 15 is 0 Å². The lowest BCUT2D eigenvalue weighted by Gasteiger charge is -2.29. The molecule has 0 saturated heterocycles. The summed E-state index contributed by atoms with van der Waals surface area (Å²) >= 11 is 0. The molecule has 1 atom stereocenters. The van der Waals surface area contributed by atoms with E-state index in [1.807, 2.05) is 0 Å². The highest BCUT2D eigenvalue weighted by molar-refractivity contribution is 5.24. The van der Waals surface area contributed by atoms with Gasteiger partial charge < -0.3 is 10.4 Å². The Morgan fingerprint density at radius 2 is 1.84 bits per heavy atom. The average Bonchev–Trinajstić information content (AvgIpc) is 2.91. The molecule has 0 radical (unpaired) electrons. The van der Waals surface area contributed by atoms with Gasteiger partial charge in [-0.2, -0.15) is 0 Å². The maximum Gasteiger partial charge on any atom is 0.0499 e. The van der Waals surface area contributed by atoms with Crippen LogP contribution in [0, 0.1) is 12.3 Å². The standard InChI is InChI=1S/C17H27NO/c1-3-16(15-8-6-14(2)7-9-15)18-12-17(13-19)10-4-5-11-17/h6-9,16,18-19H,3-5,10-13H2,1-2H3. The Balaban J connectivity index is 1.97. The molecule has 1 saturated carbocycles. The molecule has 1 fully saturated rings. The van der Waals surface area contributed by atoms with Crippen molar-refractivity contribution in [2.24, 2.45) is 5.41 Å². The lowest BCUT2D eigenvalue weighted by Crippen LogP contribution is -2.37.